The van der Waals surface area contributed by atoms with Gasteiger partial charge in [-0.25, -0.2) is 0 Å². The molecule has 0 saturated carbocycles. The second-order valence-corrected chi connectivity index (χ2v) is 5.15. The third-order valence-electron chi connectivity index (χ3n) is 2.68. The van der Waals surface area contributed by atoms with Crippen LogP contribution in [0.5, 0.6) is 0 Å². The smallest absolute Gasteiger partial charge is 0.309 e. The molecule has 0 heterocycles. The lowest BCUT2D eigenvalue weighted by Gasteiger charge is -2.21. The molecule has 0 unspecified atom stereocenters. The Labute approximate surface area is 106 Å². The first kappa shape index (κ1) is 14.0. The summed E-state index contributed by atoms with van der Waals surface area (Å²) in [7, 11) is 1.61. The second-order valence-electron chi connectivity index (χ2n) is 4.71. The number of carboxylic acids is 1. The van der Waals surface area contributed by atoms with Crippen LogP contribution >= 0.6 is 11.6 Å². The first-order valence-electron chi connectivity index (χ1n) is 5.36. The molecule has 0 aromatic heterocycles. The van der Waals surface area contributed by atoms with Gasteiger partial charge >= 0.3 is 5.97 Å². The normalized spacial score (nSPS) is 11.5. The zero-order valence-corrected chi connectivity index (χ0v) is 11.0. The van der Waals surface area contributed by atoms with Gasteiger partial charge in [0.05, 0.1) is 12.0 Å². The van der Waals surface area contributed by atoms with Crippen molar-refractivity contribution < 1.29 is 14.6 Å². The average molecular weight is 257 g/mol. The average Bonchev–Trinajstić information content (AvgIpc) is 2.21. The number of hydrogen-bond donors (Lipinski definition) is 1. The standard InChI is InChI=1S/C13H17ClO3/c1-13(2,12(15)16)7-10-6-11(14)5-4-9(10)8-17-3/h4-6H,7-8H2,1-3H3,(H,15,16). The topological polar surface area (TPSA) is 46.5 Å². The van der Waals surface area contributed by atoms with Gasteiger partial charge in [-0.15, -0.1) is 0 Å². The van der Waals surface area contributed by atoms with Gasteiger partial charge in [-0.3, -0.25) is 4.79 Å². The molecule has 4 heteroatoms. The van der Waals surface area contributed by atoms with Crippen LogP contribution in [-0.2, 0) is 22.6 Å². The van der Waals surface area contributed by atoms with Crippen LogP contribution in [-0.4, -0.2) is 18.2 Å². The van der Waals surface area contributed by atoms with Crippen LogP contribution in [0.25, 0.3) is 0 Å². The van der Waals surface area contributed by atoms with E-state index in [9.17, 15) is 4.79 Å². The Morgan fingerprint density at radius 2 is 2.06 bits per heavy atom. The van der Waals surface area contributed by atoms with Gasteiger partial charge in [0.1, 0.15) is 0 Å². The molecule has 3 nitrogen and oxygen atoms in total. The Morgan fingerprint density at radius 3 is 2.59 bits per heavy atom. The Hall–Kier alpha value is -1.06. The van der Waals surface area contributed by atoms with E-state index in [4.69, 9.17) is 21.4 Å². The van der Waals surface area contributed by atoms with Crippen molar-refractivity contribution in [3.05, 3.63) is 34.3 Å². The van der Waals surface area contributed by atoms with E-state index in [0.717, 1.165) is 11.1 Å². The van der Waals surface area contributed by atoms with Crippen molar-refractivity contribution in [2.75, 3.05) is 7.11 Å². The predicted octanol–water partition coefficient (Wildman–Crippen LogP) is 3.14. The van der Waals surface area contributed by atoms with E-state index in [-0.39, 0.29) is 0 Å². The number of rotatable bonds is 5. The molecular weight excluding hydrogens is 240 g/mol. The maximum atomic E-state index is 11.1. The van der Waals surface area contributed by atoms with Crippen LogP contribution in [0, 0.1) is 5.41 Å². The summed E-state index contributed by atoms with van der Waals surface area (Å²) in [6, 6.07) is 5.47. The number of ether oxygens (including phenoxy) is 1. The number of methoxy groups -OCH3 is 1. The Balaban J connectivity index is 3.03. The molecule has 0 radical (unpaired) electrons. The van der Waals surface area contributed by atoms with E-state index >= 15 is 0 Å². The largest absolute Gasteiger partial charge is 0.481 e. The third kappa shape index (κ3) is 3.72. The maximum Gasteiger partial charge on any atom is 0.309 e. The lowest BCUT2D eigenvalue weighted by molar-refractivity contribution is -0.146. The molecule has 0 bridgehead atoms. The van der Waals surface area contributed by atoms with Crippen molar-refractivity contribution in [2.45, 2.75) is 26.9 Å². The quantitative estimate of drug-likeness (QED) is 0.880. The summed E-state index contributed by atoms with van der Waals surface area (Å²) < 4.78 is 5.09. The van der Waals surface area contributed by atoms with Crippen LogP contribution in [0.2, 0.25) is 5.02 Å². The molecular formula is C13H17ClO3. The number of halogens is 1. The van der Waals surface area contributed by atoms with Gasteiger partial charge in [0.15, 0.2) is 0 Å². The van der Waals surface area contributed by atoms with Gasteiger partial charge in [0.2, 0.25) is 0 Å². The fourth-order valence-electron chi connectivity index (χ4n) is 1.61. The van der Waals surface area contributed by atoms with Crippen LogP contribution in [0.1, 0.15) is 25.0 Å². The molecule has 1 N–H and O–H groups in total. The molecule has 1 aromatic rings. The minimum absolute atomic E-state index is 0.432. The van der Waals surface area contributed by atoms with Gasteiger partial charge in [0.25, 0.3) is 0 Å². The van der Waals surface area contributed by atoms with E-state index in [1.54, 1.807) is 33.1 Å². The third-order valence-corrected chi connectivity index (χ3v) is 2.91. The van der Waals surface area contributed by atoms with Gasteiger partial charge in [-0.2, -0.15) is 0 Å². The minimum atomic E-state index is -0.819. The number of hydrogen-bond acceptors (Lipinski definition) is 2. The molecule has 0 saturated heterocycles. The summed E-state index contributed by atoms with van der Waals surface area (Å²) in [6.45, 7) is 3.86. The van der Waals surface area contributed by atoms with Crippen LogP contribution in [0.15, 0.2) is 18.2 Å². The summed E-state index contributed by atoms with van der Waals surface area (Å²) in [5, 5.41) is 9.74. The Morgan fingerprint density at radius 1 is 1.41 bits per heavy atom. The zero-order valence-electron chi connectivity index (χ0n) is 10.3. The summed E-state index contributed by atoms with van der Waals surface area (Å²) in [4.78, 5) is 11.1. The molecule has 0 fully saturated rings. The lowest BCUT2D eigenvalue weighted by atomic mass is 9.84. The first-order chi connectivity index (χ1) is 7.86. The molecule has 0 amide bonds. The second kappa shape index (κ2) is 5.52. The van der Waals surface area contributed by atoms with Gasteiger partial charge in [-0.1, -0.05) is 17.7 Å². The van der Waals surface area contributed by atoms with E-state index in [0.29, 0.717) is 18.1 Å². The zero-order chi connectivity index (χ0) is 13.1. The predicted molar refractivity (Wildman–Crippen MR) is 67.3 cm³/mol. The monoisotopic (exact) mass is 256 g/mol. The highest BCUT2D eigenvalue weighted by Gasteiger charge is 2.28. The highest BCUT2D eigenvalue weighted by Crippen LogP contribution is 2.26. The molecule has 94 valence electrons. The summed E-state index contributed by atoms with van der Waals surface area (Å²) in [5.41, 5.74) is 1.09. The van der Waals surface area contributed by atoms with Gasteiger partial charge in [-0.05, 0) is 43.5 Å². The molecule has 0 spiro atoms. The number of aliphatic carboxylic acids is 1. The Kier molecular flexibility index (Phi) is 4.54. The highest BCUT2D eigenvalue weighted by atomic mass is 35.5. The summed E-state index contributed by atoms with van der Waals surface area (Å²) in [6.07, 6.45) is 0.432. The van der Waals surface area contributed by atoms with Crippen molar-refractivity contribution in [3.8, 4) is 0 Å². The van der Waals surface area contributed by atoms with Crippen molar-refractivity contribution in [1.82, 2.24) is 0 Å². The van der Waals surface area contributed by atoms with E-state index in [1.807, 2.05) is 6.07 Å². The van der Waals surface area contributed by atoms with Gasteiger partial charge < -0.3 is 9.84 Å². The fourth-order valence-corrected chi connectivity index (χ4v) is 1.80. The van der Waals surface area contributed by atoms with Gasteiger partial charge in [0, 0.05) is 12.1 Å². The minimum Gasteiger partial charge on any atom is -0.481 e. The van der Waals surface area contributed by atoms with Crippen molar-refractivity contribution in [3.63, 3.8) is 0 Å². The molecule has 0 aliphatic heterocycles. The van der Waals surface area contributed by atoms with E-state index in [1.165, 1.54) is 0 Å². The van der Waals surface area contributed by atoms with Crippen molar-refractivity contribution in [2.24, 2.45) is 5.41 Å². The Bertz CT molecular complexity index is 413. The molecule has 0 aliphatic rings. The van der Waals surface area contributed by atoms with Crippen molar-refractivity contribution in [1.29, 1.82) is 0 Å². The SMILES string of the molecule is COCc1ccc(Cl)cc1CC(C)(C)C(=O)O. The van der Waals surface area contributed by atoms with Crippen LogP contribution in [0.3, 0.4) is 0 Å². The molecule has 0 atom stereocenters. The number of carbonyl (C=O) groups is 1. The fraction of sp³-hybridized carbons (Fsp3) is 0.462. The maximum absolute atomic E-state index is 11.1. The number of benzene rings is 1. The summed E-state index contributed by atoms with van der Waals surface area (Å²) in [5.74, 6) is -0.819. The lowest BCUT2D eigenvalue weighted by Crippen LogP contribution is -2.26. The molecule has 0 aliphatic carbocycles. The molecule has 1 aromatic carbocycles. The molecule has 1 rings (SSSR count). The van der Waals surface area contributed by atoms with E-state index < -0.39 is 11.4 Å². The number of carboxylic acid groups (broad SMARTS) is 1. The molecule has 17 heavy (non-hydrogen) atoms. The van der Waals surface area contributed by atoms with Crippen LogP contribution in [0.4, 0.5) is 0 Å². The first-order valence-corrected chi connectivity index (χ1v) is 5.74. The van der Waals surface area contributed by atoms with E-state index in [2.05, 4.69) is 0 Å². The highest BCUT2D eigenvalue weighted by molar-refractivity contribution is 6.30. The van der Waals surface area contributed by atoms with Crippen LogP contribution < -0.4 is 0 Å². The van der Waals surface area contributed by atoms with Crippen molar-refractivity contribution >= 4 is 17.6 Å². The summed E-state index contributed by atoms with van der Waals surface area (Å²) >= 11 is 5.94.